The number of ether oxygens (including phenoxy) is 1. The molecule has 3 heterocycles. The van der Waals surface area contributed by atoms with Gasteiger partial charge in [0.1, 0.15) is 17.1 Å². The average Bonchev–Trinajstić information content (AvgIpc) is 3.37. The van der Waals surface area contributed by atoms with Crippen molar-refractivity contribution >= 4 is 17.0 Å². The molecule has 4 rings (SSSR count). The Hall–Kier alpha value is -3.82. The van der Waals surface area contributed by atoms with E-state index in [1.54, 1.807) is 13.3 Å². The lowest BCUT2D eigenvalue weighted by Crippen LogP contribution is -2.21. The van der Waals surface area contributed by atoms with Gasteiger partial charge < -0.3 is 14.8 Å². The molecule has 29 heavy (non-hydrogen) atoms. The summed E-state index contributed by atoms with van der Waals surface area (Å²) >= 11 is 0. The first-order chi connectivity index (χ1) is 13.8. The van der Waals surface area contributed by atoms with Gasteiger partial charge in [-0.25, -0.2) is 14.5 Å². The molecule has 0 aliphatic carbocycles. The fourth-order valence-corrected chi connectivity index (χ4v) is 2.63. The molecule has 10 heteroatoms. The number of aromatic nitrogens is 4. The summed E-state index contributed by atoms with van der Waals surface area (Å²) in [4.78, 5) is 16.3. The van der Waals surface area contributed by atoms with Crippen molar-refractivity contribution in [2.24, 2.45) is 0 Å². The first-order valence-electron chi connectivity index (χ1n) is 8.22. The minimum atomic E-state index is -5.08. The lowest BCUT2D eigenvalue weighted by atomic mass is 10.1. The number of carbonyl (C=O) groups is 1. The monoisotopic (exact) mass is 404 g/mol. The molecule has 1 aromatic carbocycles. The van der Waals surface area contributed by atoms with Crippen LogP contribution in [0.5, 0.6) is 5.75 Å². The molecule has 4 aromatic rings. The Labute approximate surface area is 162 Å². The van der Waals surface area contributed by atoms with Crippen molar-refractivity contribution in [2.75, 3.05) is 7.11 Å². The van der Waals surface area contributed by atoms with Gasteiger partial charge in [-0.05, 0) is 29.8 Å². The van der Waals surface area contributed by atoms with Crippen LogP contribution >= 0.6 is 0 Å². The second kappa shape index (κ2) is 8.05. The zero-order valence-electron chi connectivity index (χ0n) is 15.0. The van der Waals surface area contributed by atoms with Gasteiger partial charge in [0.25, 0.3) is 0 Å². The molecule has 3 aromatic heterocycles. The van der Waals surface area contributed by atoms with E-state index in [0.717, 1.165) is 33.6 Å². The highest BCUT2D eigenvalue weighted by atomic mass is 19.4. The Bertz CT molecular complexity index is 1130. The number of nitrogens with zero attached hydrogens (tertiary/aromatic N) is 3. The van der Waals surface area contributed by atoms with Crippen LogP contribution in [0, 0.1) is 0 Å². The van der Waals surface area contributed by atoms with Gasteiger partial charge in [-0.15, -0.1) is 0 Å². The fourth-order valence-electron chi connectivity index (χ4n) is 2.63. The third kappa shape index (κ3) is 4.37. The molecule has 0 aliphatic rings. The highest BCUT2D eigenvalue weighted by molar-refractivity contribution is 5.92. The number of pyridine rings is 1. The molecule has 0 bridgehead atoms. The molecule has 0 atom stereocenters. The molecule has 0 saturated heterocycles. The second-order valence-corrected chi connectivity index (χ2v) is 5.75. The number of carboxylic acid groups (broad SMARTS) is 1. The zero-order chi connectivity index (χ0) is 21.0. The molecule has 0 aliphatic heterocycles. The SMILES string of the molecule is COc1ccccc1-n1cc(-c2ccnc3[nH]ccc23)cn1.O=C(O)C(F)(F)F. The maximum absolute atomic E-state index is 10.6. The van der Waals surface area contributed by atoms with E-state index in [-0.39, 0.29) is 0 Å². The summed E-state index contributed by atoms with van der Waals surface area (Å²) in [5.41, 5.74) is 3.93. The standard InChI is InChI=1S/C17H14N4O.C2HF3O2/c1-22-16-5-3-2-4-15(16)21-11-12(10-20-21)13-6-8-18-17-14(13)7-9-19-17;3-2(4,5)1(6)7/h2-11H,1H3,(H,18,19);(H,6,7). The van der Waals surface area contributed by atoms with Crippen LogP contribution in [0.15, 0.2) is 61.2 Å². The highest BCUT2D eigenvalue weighted by Gasteiger charge is 2.38. The summed E-state index contributed by atoms with van der Waals surface area (Å²) in [5.74, 6) is -1.97. The largest absolute Gasteiger partial charge is 0.494 e. The van der Waals surface area contributed by atoms with E-state index < -0.39 is 12.1 Å². The number of hydrogen-bond acceptors (Lipinski definition) is 4. The zero-order valence-corrected chi connectivity index (χ0v) is 15.0. The van der Waals surface area contributed by atoms with Gasteiger partial charge in [-0.3, -0.25) is 0 Å². The molecular formula is C19H15F3N4O3. The van der Waals surface area contributed by atoms with E-state index in [2.05, 4.69) is 15.1 Å². The van der Waals surface area contributed by atoms with E-state index >= 15 is 0 Å². The van der Waals surface area contributed by atoms with Crippen molar-refractivity contribution < 1.29 is 27.8 Å². The lowest BCUT2D eigenvalue weighted by Gasteiger charge is -2.07. The number of para-hydroxylation sites is 2. The van der Waals surface area contributed by atoms with Crippen LogP contribution in [0.25, 0.3) is 27.8 Å². The van der Waals surface area contributed by atoms with Crippen LogP contribution in [0.1, 0.15) is 0 Å². The maximum Gasteiger partial charge on any atom is 0.490 e. The van der Waals surface area contributed by atoms with E-state index in [0.29, 0.717) is 0 Å². The number of hydrogen-bond donors (Lipinski definition) is 2. The molecule has 2 N–H and O–H groups in total. The van der Waals surface area contributed by atoms with Gasteiger partial charge in [-0.1, -0.05) is 12.1 Å². The summed E-state index contributed by atoms with van der Waals surface area (Å²) in [5, 5.41) is 12.7. The number of fused-ring (bicyclic) bond motifs is 1. The summed E-state index contributed by atoms with van der Waals surface area (Å²) in [7, 11) is 1.66. The van der Waals surface area contributed by atoms with Gasteiger partial charge in [0.2, 0.25) is 0 Å². The smallest absolute Gasteiger partial charge is 0.490 e. The van der Waals surface area contributed by atoms with Gasteiger partial charge in [0, 0.05) is 29.5 Å². The maximum atomic E-state index is 10.6. The number of alkyl halides is 3. The van der Waals surface area contributed by atoms with Crippen LogP contribution in [-0.4, -0.2) is 44.1 Å². The Morgan fingerprint density at radius 2 is 1.93 bits per heavy atom. The number of halogens is 3. The minimum absolute atomic E-state index is 0.790. The van der Waals surface area contributed by atoms with Crippen LogP contribution in [0.2, 0.25) is 0 Å². The van der Waals surface area contributed by atoms with Crippen LogP contribution in [0.4, 0.5) is 13.2 Å². The molecule has 150 valence electrons. The third-order valence-corrected chi connectivity index (χ3v) is 3.93. The van der Waals surface area contributed by atoms with Crippen molar-refractivity contribution in [1.29, 1.82) is 0 Å². The Kier molecular flexibility index (Phi) is 5.53. The van der Waals surface area contributed by atoms with Gasteiger partial charge >= 0.3 is 12.1 Å². The Morgan fingerprint density at radius 3 is 2.62 bits per heavy atom. The number of carboxylic acids is 1. The lowest BCUT2D eigenvalue weighted by molar-refractivity contribution is -0.192. The molecule has 0 radical (unpaired) electrons. The van der Waals surface area contributed by atoms with E-state index in [1.165, 1.54) is 0 Å². The van der Waals surface area contributed by atoms with Crippen molar-refractivity contribution in [3.05, 3.63) is 61.2 Å². The molecule has 7 nitrogen and oxygen atoms in total. The van der Waals surface area contributed by atoms with E-state index in [1.807, 2.05) is 59.7 Å². The van der Waals surface area contributed by atoms with Crippen molar-refractivity contribution in [1.82, 2.24) is 19.7 Å². The molecule has 0 unspecified atom stereocenters. The molecule has 0 saturated carbocycles. The van der Waals surface area contributed by atoms with Crippen molar-refractivity contribution in [2.45, 2.75) is 6.18 Å². The molecule has 0 fully saturated rings. The summed E-state index contributed by atoms with van der Waals surface area (Å²) in [6, 6.07) is 11.8. The summed E-state index contributed by atoms with van der Waals surface area (Å²) < 4.78 is 39.0. The molecule has 0 spiro atoms. The minimum Gasteiger partial charge on any atom is -0.494 e. The van der Waals surface area contributed by atoms with Crippen molar-refractivity contribution in [3.63, 3.8) is 0 Å². The topological polar surface area (TPSA) is 93.0 Å². The van der Waals surface area contributed by atoms with Crippen LogP contribution in [0.3, 0.4) is 0 Å². The average molecular weight is 404 g/mol. The first kappa shape index (κ1) is 19.9. The Morgan fingerprint density at radius 1 is 1.21 bits per heavy atom. The number of methoxy groups -OCH3 is 1. The summed E-state index contributed by atoms with van der Waals surface area (Å²) in [6.07, 6.45) is 2.47. The van der Waals surface area contributed by atoms with Gasteiger partial charge in [0.15, 0.2) is 0 Å². The third-order valence-electron chi connectivity index (χ3n) is 3.93. The van der Waals surface area contributed by atoms with E-state index in [4.69, 9.17) is 14.6 Å². The highest BCUT2D eigenvalue weighted by Crippen LogP contribution is 2.28. The number of aromatic amines is 1. The quantitative estimate of drug-likeness (QED) is 0.537. The molecule has 0 amide bonds. The van der Waals surface area contributed by atoms with Crippen LogP contribution < -0.4 is 4.74 Å². The van der Waals surface area contributed by atoms with E-state index in [9.17, 15) is 13.2 Å². The number of rotatable bonds is 3. The predicted molar refractivity (Wildman–Crippen MR) is 98.9 cm³/mol. The fraction of sp³-hybridized carbons (Fsp3) is 0.105. The molecular weight excluding hydrogens is 389 g/mol. The number of nitrogens with one attached hydrogen (secondary N) is 1. The number of aliphatic carboxylic acids is 1. The number of benzene rings is 1. The van der Waals surface area contributed by atoms with Gasteiger partial charge in [0.05, 0.1) is 13.3 Å². The summed E-state index contributed by atoms with van der Waals surface area (Å²) in [6.45, 7) is 0. The van der Waals surface area contributed by atoms with Crippen molar-refractivity contribution in [3.8, 4) is 22.6 Å². The first-order valence-corrected chi connectivity index (χ1v) is 8.22. The normalized spacial score (nSPS) is 11.0. The van der Waals surface area contributed by atoms with Crippen LogP contribution in [-0.2, 0) is 4.79 Å². The predicted octanol–water partition coefficient (Wildman–Crippen LogP) is 4.06. The number of H-pyrrole nitrogens is 1. The second-order valence-electron chi connectivity index (χ2n) is 5.75. The Balaban J connectivity index is 0.000000298. The van der Waals surface area contributed by atoms with Gasteiger partial charge in [-0.2, -0.15) is 18.3 Å².